The predicted octanol–water partition coefficient (Wildman–Crippen LogP) is 3.21. The number of carbonyl (C=O) groups is 1. The summed E-state index contributed by atoms with van der Waals surface area (Å²) in [5, 5.41) is 3.14. The molecule has 0 unspecified atom stereocenters. The number of ether oxygens (including phenoxy) is 1. The Morgan fingerprint density at radius 3 is 2.54 bits per heavy atom. The quantitative estimate of drug-likeness (QED) is 0.698. The van der Waals surface area contributed by atoms with E-state index in [1.165, 1.54) is 36.8 Å². The van der Waals surface area contributed by atoms with Gasteiger partial charge in [0.2, 0.25) is 5.91 Å². The summed E-state index contributed by atoms with van der Waals surface area (Å²) in [6, 6.07) is 8.23. The Morgan fingerprint density at radius 1 is 1.14 bits per heavy atom. The molecule has 0 spiro atoms. The molecule has 3 rings (SSSR count). The molecule has 1 amide bonds. The van der Waals surface area contributed by atoms with Crippen molar-refractivity contribution in [1.29, 1.82) is 0 Å². The summed E-state index contributed by atoms with van der Waals surface area (Å²) in [6.45, 7) is 7.63. The molecule has 1 aromatic rings. The zero-order valence-electron chi connectivity index (χ0n) is 17.5. The van der Waals surface area contributed by atoms with Crippen LogP contribution in [-0.2, 0) is 11.3 Å². The van der Waals surface area contributed by atoms with Crippen molar-refractivity contribution in [3.63, 3.8) is 0 Å². The van der Waals surface area contributed by atoms with Crippen molar-refractivity contribution in [3.8, 4) is 5.75 Å². The number of nitrogens with one attached hydrogen (secondary N) is 1. The number of amides is 1. The molecule has 1 aromatic carbocycles. The highest BCUT2D eigenvalue weighted by molar-refractivity contribution is 5.81. The van der Waals surface area contributed by atoms with Gasteiger partial charge in [0.15, 0.2) is 0 Å². The van der Waals surface area contributed by atoms with E-state index in [0.717, 1.165) is 51.4 Å². The van der Waals surface area contributed by atoms with E-state index in [0.29, 0.717) is 0 Å². The average Bonchev–Trinajstić information content (AvgIpc) is 2.75. The van der Waals surface area contributed by atoms with Crippen molar-refractivity contribution in [2.24, 2.45) is 0 Å². The van der Waals surface area contributed by atoms with Crippen LogP contribution in [0.5, 0.6) is 5.75 Å². The minimum Gasteiger partial charge on any atom is -0.497 e. The highest BCUT2D eigenvalue weighted by Gasteiger charge is 2.25. The van der Waals surface area contributed by atoms with Crippen LogP contribution in [0.3, 0.4) is 0 Å². The minimum absolute atomic E-state index is 0.0523. The van der Waals surface area contributed by atoms with Gasteiger partial charge in [0, 0.05) is 39.3 Å². The molecular formula is C23H35N3O2. The molecule has 28 heavy (non-hydrogen) atoms. The zero-order valence-corrected chi connectivity index (χ0v) is 17.5. The van der Waals surface area contributed by atoms with Crippen LogP contribution in [0.4, 0.5) is 0 Å². The van der Waals surface area contributed by atoms with E-state index in [4.69, 9.17) is 4.74 Å². The maximum absolute atomic E-state index is 12.5. The zero-order chi connectivity index (χ0) is 19.8. The molecule has 5 nitrogen and oxygen atoms in total. The molecule has 0 saturated carbocycles. The van der Waals surface area contributed by atoms with Crippen LogP contribution in [-0.4, -0.2) is 61.6 Å². The van der Waals surface area contributed by atoms with Gasteiger partial charge in [-0.3, -0.25) is 14.6 Å². The molecule has 1 heterocycles. The molecule has 1 N–H and O–H groups in total. The summed E-state index contributed by atoms with van der Waals surface area (Å²) in [5.41, 5.74) is 2.82. The summed E-state index contributed by atoms with van der Waals surface area (Å²) in [7, 11) is 1.69. The Bertz CT molecular complexity index is 648. The van der Waals surface area contributed by atoms with Gasteiger partial charge in [-0.25, -0.2) is 0 Å². The third kappa shape index (κ3) is 6.08. The summed E-state index contributed by atoms with van der Waals surface area (Å²) < 4.78 is 5.22. The first-order valence-electron chi connectivity index (χ1n) is 10.7. The maximum atomic E-state index is 12.5. The minimum atomic E-state index is -0.0523. The molecule has 1 fully saturated rings. The fourth-order valence-electron chi connectivity index (χ4n) is 4.09. The lowest BCUT2D eigenvalue weighted by Crippen LogP contribution is -2.53. The van der Waals surface area contributed by atoms with Crippen LogP contribution < -0.4 is 10.1 Å². The molecule has 0 radical (unpaired) electrons. The largest absolute Gasteiger partial charge is 0.497 e. The second-order valence-corrected chi connectivity index (χ2v) is 7.99. The van der Waals surface area contributed by atoms with E-state index in [1.54, 1.807) is 7.11 Å². The van der Waals surface area contributed by atoms with Crippen LogP contribution in [0.1, 0.15) is 44.6 Å². The van der Waals surface area contributed by atoms with Gasteiger partial charge in [0.25, 0.3) is 0 Å². The molecule has 5 heteroatoms. The summed E-state index contributed by atoms with van der Waals surface area (Å²) in [6.07, 6.45) is 8.41. The summed E-state index contributed by atoms with van der Waals surface area (Å²) in [4.78, 5) is 17.3. The molecule has 1 atom stereocenters. The Kier molecular flexibility index (Phi) is 7.92. The lowest BCUT2D eigenvalue weighted by atomic mass is 9.97. The third-order valence-corrected chi connectivity index (χ3v) is 6.03. The van der Waals surface area contributed by atoms with Crippen LogP contribution in [0.2, 0.25) is 0 Å². The lowest BCUT2D eigenvalue weighted by molar-refractivity contribution is -0.126. The first-order chi connectivity index (χ1) is 13.7. The fraction of sp³-hybridized carbons (Fsp3) is 0.609. The Hall–Kier alpha value is -1.85. The first kappa shape index (κ1) is 20.9. The van der Waals surface area contributed by atoms with E-state index in [9.17, 15) is 4.79 Å². The van der Waals surface area contributed by atoms with E-state index in [-0.39, 0.29) is 11.9 Å². The highest BCUT2D eigenvalue weighted by Crippen LogP contribution is 2.19. The third-order valence-electron chi connectivity index (χ3n) is 6.03. The monoisotopic (exact) mass is 385 g/mol. The number of carbonyl (C=O) groups excluding carboxylic acids is 1. The molecule has 0 bridgehead atoms. The highest BCUT2D eigenvalue weighted by atomic mass is 16.5. The fourth-order valence-corrected chi connectivity index (χ4v) is 4.09. The smallest absolute Gasteiger partial charge is 0.237 e. The number of rotatable bonds is 8. The number of hydrogen-bond donors (Lipinski definition) is 1. The van der Waals surface area contributed by atoms with Crippen LogP contribution in [0.25, 0.3) is 0 Å². The van der Waals surface area contributed by atoms with Crippen molar-refractivity contribution in [1.82, 2.24) is 15.1 Å². The van der Waals surface area contributed by atoms with Gasteiger partial charge in [0.05, 0.1) is 13.2 Å². The molecule has 1 saturated heterocycles. The number of hydrogen-bond acceptors (Lipinski definition) is 4. The Morgan fingerprint density at radius 2 is 1.89 bits per heavy atom. The van der Waals surface area contributed by atoms with Crippen LogP contribution >= 0.6 is 0 Å². The second-order valence-electron chi connectivity index (χ2n) is 7.99. The van der Waals surface area contributed by atoms with Gasteiger partial charge in [-0.05, 0) is 56.7 Å². The molecule has 2 aliphatic rings. The van der Waals surface area contributed by atoms with Gasteiger partial charge >= 0.3 is 0 Å². The number of benzene rings is 1. The van der Waals surface area contributed by atoms with Gasteiger partial charge in [-0.2, -0.15) is 0 Å². The number of piperazine rings is 1. The van der Waals surface area contributed by atoms with Crippen molar-refractivity contribution in [2.75, 3.05) is 39.8 Å². The van der Waals surface area contributed by atoms with Gasteiger partial charge in [-0.15, -0.1) is 0 Å². The number of methoxy groups -OCH3 is 1. The van der Waals surface area contributed by atoms with Gasteiger partial charge < -0.3 is 10.1 Å². The van der Waals surface area contributed by atoms with E-state index >= 15 is 0 Å². The van der Waals surface area contributed by atoms with Crippen LogP contribution in [0, 0.1) is 0 Å². The molecular weight excluding hydrogens is 350 g/mol. The van der Waals surface area contributed by atoms with E-state index in [2.05, 4.69) is 33.3 Å². The van der Waals surface area contributed by atoms with Crippen molar-refractivity contribution in [3.05, 3.63) is 41.5 Å². The number of nitrogens with zero attached hydrogens (tertiary/aromatic N) is 2. The molecule has 154 valence electrons. The SMILES string of the molecule is COc1ccc(CN2CCN([C@@H](C)C(=O)NCCC3=CCCCC3)CC2)cc1. The standard InChI is InChI=1S/C23H35N3O2/c1-19(23(27)24-13-12-20-6-4-3-5-7-20)26-16-14-25(15-17-26)18-21-8-10-22(28-2)11-9-21/h6,8-11,19H,3-5,7,12-18H2,1-2H3,(H,24,27)/t19-/m0/s1. The maximum Gasteiger partial charge on any atom is 0.237 e. The molecule has 1 aliphatic carbocycles. The second kappa shape index (κ2) is 10.6. The van der Waals surface area contributed by atoms with Gasteiger partial charge in [0.1, 0.15) is 5.75 Å². The van der Waals surface area contributed by atoms with E-state index in [1.807, 2.05) is 19.1 Å². The molecule has 0 aromatic heterocycles. The normalized spacial score (nSPS) is 19.7. The summed E-state index contributed by atoms with van der Waals surface area (Å²) in [5.74, 6) is 1.06. The summed E-state index contributed by atoms with van der Waals surface area (Å²) >= 11 is 0. The predicted molar refractivity (Wildman–Crippen MR) is 113 cm³/mol. The molecule has 1 aliphatic heterocycles. The Balaban J connectivity index is 1.37. The average molecular weight is 386 g/mol. The van der Waals surface area contributed by atoms with Crippen LogP contribution in [0.15, 0.2) is 35.9 Å². The first-order valence-corrected chi connectivity index (χ1v) is 10.7. The number of allylic oxidation sites excluding steroid dienone is 1. The van der Waals surface area contributed by atoms with Crippen molar-refractivity contribution in [2.45, 2.75) is 51.6 Å². The lowest BCUT2D eigenvalue weighted by Gasteiger charge is -2.37. The Labute approximate surface area is 169 Å². The van der Waals surface area contributed by atoms with Crippen molar-refractivity contribution >= 4 is 5.91 Å². The topological polar surface area (TPSA) is 44.8 Å². The van der Waals surface area contributed by atoms with Crippen molar-refractivity contribution < 1.29 is 9.53 Å². The van der Waals surface area contributed by atoms with Gasteiger partial charge in [-0.1, -0.05) is 23.8 Å². The van der Waals surface area contributed by atoms with E-state index < -0.39 is 0 Å².